The molecular weight excluding hydrogens is 347 g/mol. The molecule has 7 heteroatoms. The van der Waals surface area contributed by atoms with Gasteiger partial charge in [-0.05, 0) is 29.3 Å². The van der Waals surface area contributed by atoms with Crippen molar-refractivity contribution in [3.05, 3.63) is 77.0 Å². The molecule has 0 aliphatic heterocycles. The monoisotopic (exact) mass is 363 g/mol. The topological polar surface area (TPSA) is 55.4 Å². The summed E-state index contributed by atoms with van der Waals surface area (Å²) in [5.41, 5.74) is -0.0778. The maximum Gasteiger partial charge on any atom is 0.416 e. The number of esters is 1. The van der Waals surface area contributed by atoms with E-state index in [1.165, 1.54) is 25.1 Å². The van der Waals surface area contributed by atoms with Crippen LogP contribution in [0.4, 0.5) is 13.2 Å². The van der Waals surface area contributed by atoms with Crippen LogP contribution in [0.1, 0.15) is 23.6 Å². The van der Waals surface area contributed by atoms with Crippen LogP contribution < -0.4 is 5.32 Å². The molecule has 0 fully saturated rings. The Morgan fingerprint density at radius 3 is 2.38 bits per heavy atom. The molecule has 0 saturated heterocycles. The molecule has 1 amide bonds. The number of ether oxygens (including phenoxy) is 1. The van der Waals surface area contributed by atoms with Crippen molar-refractivity contribution >= 4 is 18.0 Å². The first kappa shape index (κ1) is 19.2. The Bertz CT molecular complexity index is 814. The zero-order chi connectivity index (χ0) is 19.2. The fourth-order valence-electron chi connectivity index (χ4n) is 2.12. The van der Waals surface area contributed by atoms with Gasteiger partial charge in [-0.1, -0.05) is 42.5 Å². The van der Waals surface area contributed by atoms with Crippen molar-refractivity contribution in [3.8, 4) is 0 Å². The summed E-state index contributed by atoms with van der Waals surface area (Å²) in [4.78, 5) is 23.5. The molecule has 0 heterocycles. The first-order valence-electron chi connectivity index (χ1n) is 7.63. The summed E-state index contributed by atoms with van der Waals surface area (Å²) in [6.07, 6.45) is -3.05. The largest absolute Gasteiger partial charge is 0.456 e. The second-order valence-electron chi connectivity index (χ2n) is 5.42. The number of alkyl halides is 3. The van der Waals surface area contributed by atoms with Gasteiger partial charge in [-0.25, -0.2) is 4.79 Å². The first-order valence-corrected chi connectivity index (χ1v) is 7.63. The SMILES string of the molecule is CC(=O)N/C(=C\c1ccccc1)C(=O)OCc1cccc(C(F)(F)F)c1. The van der Waals surface area contributed by atoms with Crippen molar-refractivity contribution in [2.24, 2.45) is 0 Å². The molecular formula is C19H16F3NO3. The van der Waals surface area contributed by atoms with E-state index < -0.39 is 23.6 Å². The van der Waals surface area contributed by atoms with Crippen molar-refractivity contribution in [1.29, 1.82) is 0 Å². The Kier molecular flexibility index (Phi) is 6.16. The van der Waals surface area contributed by atoms with Gasteiger partial charge in [0.05, 0.1) is 5.56 Å². The molecule has 0 spiro atoms. The van der Waals surface area contributed by atoms with Gasteiger partial charge in [0.25, 0.3) is 0 Å². The predicted octanol–water partition coefficient (Wildman–Crippen LogP) is 3.93. The molecule has 2 aromatic carbocycles. The van der Waals surface area contributed by atoms with E-state index in [0.29, 0.717) is 5.56 Å². The van der Waals surface area contributed by atoms with E-state index in [0.717, 1.165) is 12.1 Å². The Morgan fingerprint density at radius 1 is 1.08 bits per heavy atom. The number of hydrogen-bond acceptors (Lipinski definition) is 3. The molecule has 0 aromatic heterocycles. The average Bonchev–Trinajstić information content (AvgIpc) is 2.59. The van der Waals surface area contributed by atoms with Gasteiger partial charge in [0.1, 0.15) is 12.3 Å². The van der Waals surface area contributed by atoms with Gasteiger partial charge < -0.3 is 10.1 Å². The van der Waals surface area contributed by atoms with Gasteiger partial charge in [-0.3, -0.25) is 4.79 Å². The average molecular weight is 363 g/mol. The number of carbonyl (C=O) groups is 2. The lowest BCUT2D eigenvalue weighted by Gasteiger charge is -2.11. The van der Waals surface area contributed by atoms with Crippen molar-refractivity contribution in [2.45, 2.75) is 19.7 Å². The summed E-state index contributed by atoms with van der Waals surface area (Å²) < 4.78 is 43.2. The van der Waals surface area contributed by atoms with Crippen LogP contribution in [0.15, 0.2) is 60.3 Å². The van der Waals surface area contributed by atoms with Crippen LogP contribution >= 0.6 is 0 Å². The zero-order valence-corrected chi connectivity index (χ0v) is 13.8. The lowest BCUT2D eigenvalue weighted by molar-refractivity contribution is -0.141. The van der Waals surface area contributed by atoms with Gasteiger partial charge in [0.2, 0.25) is 5.91 Å². The lowest BCUT2D eigenvalue weighted by atomic mass is 10.1. The lowest BCUT2D eigenvalue weighted by Crippen LogP contribution is -2.26. The second kappa shape index (κ2) is 8.33. The molecule has 2 rings (SSSR count). The number of benzene rings is 2. The highest BCUT2D eigenvalue weighted by atomic mass is 19.4. The fourth-order valence-corrected chi connectivity index (χ4v) is 2.12. The molecule has 26 heavy (non-hydrogen) atoms. The summed E-state index contributed by atoms with van der Waals surface area (Å²) in [6.45, 7) is 0.882. The highest BCUT2D eigenvalue weighted by Gasteiger charge is 2.30. The highest BCUT2D eigenvalue weighted by Crippen LogP contribution is 2.29. The Balaban J connectivity index is 2.13. The van der Waals surface area contributed by atoms with Crippen LogP contribution in [0, 0.1) is 0 Å². The minimum Gasteiger partial charge on any atom is -0.456 e. The van der Waals surface area contributed by atoms with Crippen LogP contribution in [0.5, 0.6) is 0 Å². The van der Waals surface area contributed by atoms with Gasteiger partial charge in [-0.2, -0.15) is 13.2 Å². The Hall–Kier alpha value is -3.09. The molecule has 0 atom stereocenters. The van der Waals surface area contributed by atoms with E-state index >= 15 is 0 Å². The van der Waals surface area contributed by atoms with Gasteiger partial charge in [0.15, 0.2) is 0 Å². The van der Waals surface area contributed by atoms with E-state index in [1.54, 1.807) is 30.3 Å². The third-order valence-electron chi connectivity index (χ3n) is 3.27. The zero-order valence-electron chi connectivity index (χ0n) is 13.8. The molecule has 136 valence electrons. The number of hydrogen-bond donors (Lipinski definition) is 1. The van der Waals surface area contributed by atoms with E-state index in [4.69, 9.17) is 4.74 Å². The van der Waals surface area contributed by atoms with E-state index in [1.807, 2.05) is 0 Å². The van der Waals surface area contributed by atoms with E-state index in [2.05, 4.69) is 5.32 Å². The van der Waals surface area contributed by atoms with E-state index in [9.17, 15) is 22.8 Å². The molecule has 0 radical (unpaired) electrons. The summed E-state index contributed by atoms with van der Waals surface area (Å²) in [5, 5.41) is 2.37. The molecule has 2 aromatic rings. The Labute approximate surface area is 148 Å². The standard InChI is InChI=1S/C19H16F3NO3/c1-13(24)23-17(11-14-6-3-2-4-7-14)18(25)26-12-15-8-5-9-16(10-15)19(20,21)22/h2-11H,12H2,1H3,(H,23,24)/b17-11-. The quantitative estimate of drug-likeness (QED) is 0.647. The predicted molar refractivity (Wildman–Crippen MR) is 89.5 cm³/mol. The van der Waals surface area contributed by atoms with Crippen molar-refractivity contribution < 1.29 is 27.5 Å². The first-order chi connectivity index (χ1) is 12.3. The van der Waals surface area contributed by atoms with Crippen molar-refractivity contribution in [3.63, 3.8) is 0 Å². The van der Waals surface area contributed by atoms with Gasteiger partial charge in [0, 0.05) is 6.92 Å². The van der Waals surface area contributed by atoms with Crippen LogP contribution in [0.2, 0.25) is 0 Å². The van der Waals surface area contributed by atoms with Crippen LogP contribution in [-0.2, 0) is 27.1 Å². The molecule has 4 nitrogen and oxygen atoms in total. The van der Waals surface area contributed by atoms with Crippen molar-refractivity contribution in [2.75, 3.05) is 0 Å². The third kappa shape index (κ3) is 5.77. The fraction of sp³-hybridized carbons (Fsp3) is 0.158. The maximum absolute atomic E-state index is 12.7. The number of halogens is 3. The summed E-state index contributed by atoms with van der Waals surface area (Å²) >= 11 is 0. The molecule has 0 aliphatic carbocycles. The van der Waals surface area contributed by atoms with Crippen LogP contribution in [0.3, 0.4) is 0 Å². The molecule has 0 unspecified atom stereocenters. The number of nitrogens with one attached hydrogen (secondary N) is 1. The van der Waals surface area contributed by atoms with E-state index in [-0.39, 0.29) is 17.9 Å². The minimum atomic E-state index is -4.48. The summed E-state index contributed by atoms with van der Waals surface area (Å²) in [7, 11) is 0. The van der Waals surface area contributed by atoms with Crippen LogP contribution in [0.25, 0.3) is 6.08 Å². The molecule has 0 aliphatic rings. The maximum atomic E-state index is 12.7. The minimum absolute atomic E-state index is 0.101. The molecule has 0 bridgehead atoms. The summed E-state index contributed by atoms with van der Waals surface area (Å²) in [5.74, 6) is -1.32. The highest BCUT2D eigenvalue weighted by molar-refractivity contribution is 5.97. The number of rotatable bonds is 5. The second-order valence-corrected chi connectivity index (χ2v) is 5.42. The molecule has 0 saturated carbocycles. The third-order valence-corrected chi connectivity index (χ3v) is 3.27. The summed E-state index contributed by atoms with van der Waals surface area (Å²) in [6, 6.07) is 13.2. The Morgan fingerprint density at radius 2 is 1.77 bits per heavy atom. The normalized spacial score (nSPS) is 11.8. The molecule has 1 N–H and O–H groups in total. The van der Waals surface area contributed by atoms with Gasteiger partial charge in [-0.15, -0.1) is 0 Å². The number of amides is 1. The van der Waals surface area contributed by atoms with Crippen molar-refractivity contribution in [1.82, 2.24) is 5.32 Å². The van der Waals surface area contributed by atoms with Gasteiger partial charge >= 0.3 is 12.1 Å². The van der Waals surface area contributed by atoms with Crippen LogP contribution in [-0.4, -0.2) is 11.9 Å². The number of carbonyl (C=O) groups excluding carboxylic acids is 2. The smallest absolute Gasteiger partial charge is 0.416 e.